The van der Waals surface area contributed by atoms with Crippen LogP contribution < -0.4 is 16.0 Å². The first kappa shape index (κ1) is 20.2. The van der Waals surface area contributed by atoms with Crippen LogP contribution in [0.3, 0.4) is 0 Å². The molecule has 8 heteroatoms. The number of thiazole rings is 1. The van der Waals surface area contributed by atoms with E-state index in [0.717, 1.165) is 46.3 Å². The molecule has 152 valence electrons. The molecule has 0 bridgehead atoms. The summed E-state index contributed by atoms with van der Waals surface area (Å²) in [6.45, 7) is 6.64. The van der Waals surface area contributed by atoms with E-state index in [2.05, 4.69) is 40.2 Å². The molecule has 3 aromatic heterocycles. The number of thiophene rings is 1. The Balaban J connectivity index is 1.61. The largest absolute Gasteiger partial charge is 0.317 e. The fourth-order valence-corrected chi connectivity index (χ4v) is 5.56. The number of carbonyl (C=O) groups is 1. The summed E-state index contributed by atoms with van der Waals surface area (Å²) in [5, 5.41) is 13.8. The van der Waals surface area contributed by atoms with Crippen LogP contribution in [0.4, 0.5) is 5.00 Å². The lowest BCUT2D eigenvalue weighted by molar-refractivity contribution is -0.116. The molecule has 0 radical (unpaired) electrons. The summed E-state index contributed by atoms with van der Waals surface area (Å²) in [4.78, 5) is 22.8. The molecule has 4 heterocycles. The molecule has 1 amide bonds. The fourth-order valence-electron chi connectivity index (χ4n) is 3.36. The van der Waals surface area contributed by atoms with Crippen molar-refractivity contribution in [2.45, 2.75) is 39.3 Å². The maximum Gasteiger partial charge on any atom is 0.226 e. The topological polar surface area (TPSA) is 78.9 Å². The van der Waals surface area contributed by atoms with Crippen molar-refractivity contribution in [1.82, 2.24) is 20.6 Å². The number of nitrogens with one attached hydrogen (secondary N) is 3. The standard InChI is InChI=1S/C21H25N5OS2/c1-13(2)24-10-6-18(27)26-21-19(15-5-9-23-11-17(15)29-21)20-25-16(12-28-20)14-3-7-22-8-4-14/h3-4,7-8,12-13,23-24H,5-6,9-11H2,1-2H3,(H,26,27). The molecule has 4 rings (SSSR count). The minimum Gasteiger partial charge on any atom is -0.317 e. The molecule has 0 unspecified atom stereocenters. The Morgan fingerprint density at radius 3 is 2.93 bits per heavy atom. The number of nitrogens with zero attached hydrogens (tertiary/aromatic N) is 2. The predicted molar refractivity (Wildman–Crippen MR) is 120 cm³/mol. The van der Waals surface area contributed by atoms with Crippen LogP contribution in [0.5, 0.6) is 0 Å². The van der Waals surface area contributed by atoms with Crippen molar-refractivity contribution in [3.8, 4) is 21.8 Å². The molecule has 0 saturated heterocycles. The highest BCUT2D eigenvalue weighted by atomic mass is 32.1. The summed E-state index contributed by atoms with van der Waals surface area (Å²) in [7, 11) is 0. The monoisotopic (exact) mass is 427 g/mol. The number of fused-ring (bicyclic) bond motifs is 1. The summed E-state index contributed by atoms with van der Waals surface area (Å²) < 4.78 is 0. The third-order valence-corrected chi connectivity index (χ3v) is 6.79. The van der Waals surface area contributed by atoms with Gasteiger partial charge in [0.1, 0.15) is 10.0 Å². The second-order valence-electron chi connectivity index (χ2n) is 7.32. The van der Waals surface area contributed by atoms with Crippen LogP contribution in [0.25, 0.3) is 21.8 Å². The van der Waals surface area contributed by atoms with Crippen LogP contribution in [-0.2, 0) is 17.8 Å². The maximum atomic E-state index is 12.5. The zero-order valence-corrected chi connectivity index (χ0v) is 18.3. The number of rotatable bonds is 7. The summed E-state index contributed by atoms with van der Waals surface area (Å²) in [5.41, 5.74) is 4.42. The molecule has 29 heavy (non-hydrogen) atoms. The van der Waals surface area contributed by atoms with Crippen LogP contribution in [0.15, 0.2) is 29.9 Å². The zero-order chi connectivity index (χ0) is 20.2. The van der Waals surface area contributed by atoms with E-state index in [1.807, 2.05) is 12.1 Å². The Morgan fingerprint density at radius 1 is 1.31 bits per heavy atom. The lowest BCUT2D eigenvalue weighted by atomic mass is 10.0. The third kappa shape index (κ3) is 4.72. The van der Waals surface area contributed by atoms with Crippen molar-refractivity contribution < 1.29 is 4.79 Å². The summed E-state index contributed by atoms with van der Waals surface area (Å²) >= 11 is 3.30. The van der Waals surface area contributed by atoms with Gasteiger partial charge in [-0.3, -0.25) is 9.78 Å². The van der Waals surface area contributed by atoms with Crippen molar-refractivity contribution in [1.29, 1.82) is 0 Å². The second kappa shape index (κ2) is 9.13. The van der Waals surface area contributed by atoms with Gasteiger partial charge in [0.15, 0.2) is 0 Å². The van der Waals surface area contributed by atoms with Gasteiger partial charge in [-0.1, -0.05) is 13.8 Å². The minimum atomic E-state index is 0.0388. The van der Waals surface area contributed by atoms with Crippen LogP contribution in [0.2, 0.25) is 0 Å². The highest BCUT2D eigenvalue weighted by Gasteiger charge is 2.25. The first-order chi connectivity index (χ1) is 14.1. The molecule has 0 saturated carbocycles. The minimum absolute atomic E-state index is 0.0388. The van der Waals surface area contributed by atoms with Crippen molar-refractivity contribution in [3.63, 3.8) is 0 Å². The van der Waals surface area contributed by atoms with E-state index in [1.165, 1.54) is 10.4 Å². The van der Waals surface area contributed by atoms with Gasteiger partial charge in [-0.05, 0) is 30.7 Å². The van der Waals surface area contributed by atoms with Gasteiger partial charge < -0.3 is 16.0 Å². The van der Waals surface area contributed by atoms with Crippen LogP contribution in [0.1, 0.15) is 30.7 Å². The van der Waals surface area contributed by atoms with Gasteiger partial charge in [-0.15, -0.1) is 22.7 Å². The Kier molecular flexibility index (Phi) is 6.34. The molecule has 0 atom stereocenters. The number of hydrogen-bond donors (Lipinski definition) is 3. The molecule has 1 aliphatic heterocycles. The highest BCUT2D eigenvalue weighted by Crippen LogP contribution is 2.44. The smallest absolute Gasteiger partial charge is 0.226 e. The van der Waals surface area contributed by atoms with E-state index in [-0.39, 0.29) is 5.91 Å². The second-order valence-corrected chi connectivity index (χ2v) is 9.28. The van der Waals surface area contributed by atoms with E-state index in [9.17, 15) is 4.79 Å². The molecule has 3 N–H and O–H groups in total. The quantitative estimate of drug-likeness (QED) is 0.533. The van der Waals surface area contributed by atoms with E-state index < -0.39 is 0 Å². The summed E-state index contributed by atoms with van der Waals surface area (Å²) in [6, 6.07) is 4.31. The molecule has 0 fully saturated rings. The zero-order valence-electron chi connectivity index (χ0n) is 16.6. The molecular weight excluding hydrogens is 402 g/mol. The van der Waals surface area contributed by atoms with Crippen LogP contribution >= 0.6 is 22.7 Å². The molecule has 6 nitrogen and oxygen atoms in total. The first-order valence-corrected chi connectivity index (χ1v) is 11.6. The summed E-state index contributed by atoms with van der Waals surface area (Å²) in [5.74, 6) is 0.0388. The third-order valence-electron chi connectivity index (χ3n) is 4.78. The van der Waals surface area contributed by atoms with Crippen molar-refractivity contribution >= 4 is 33.6 Å². The number of carbonyl (C=O) groups excluding carboxylic acids is 1. The molecule has 3 aromatic rings. The van der Waals surface area contributed by atoms with Crippen molar-refractivity contribution in [3.05, 3.63) is 40.3 Å². The molecule has 0 aromatic carbocycles. The van der Waals surface area contributed by atoms with E-state index in [4.69, 9.17) is 4.98 Å². The number of anilines is 1. The van der Waals surface area contributed by atoms with Gasteiger partial charge >= 0.3 is 0 Å². The lowest BCUT2D eigenvalue weighted by Gasteiger charge is -2.13. The Labute approximate surface area is 178 Å². The van der Waals surface area contributed by atoms with E-state index in [1.54, 1.807) is 35.1 Å². The van der Waals surface area contributed by atoms with Gasteiger partial charge in [0, 0.05) is 59.3 Å². The average molecular weight is 428 g/mol. The lowest BCUT2D eigenvalue weighted by Crippen LogP contribution is -2.27. The number of aromatic nitrogens is 2. The van der Waals surface area contributed by atoms with Gasteiger partial charge in [-0.2, -0.15) is 0 Å². The first-order valence-electron chi connectivity index (χ1n) is 9.86. The van der Waals surface area contributed by atoms with E-state index >= 15 is 0 Å². The SMILES string of the molecule is CC(C)NCCC(=O)Nc1sc2c(c1-c1nc(-c3ccncc3)cs1)CCNC2. The van der Waals surface area contributed by atoms with Gasteiger partial charge in [0.05, 0.1) is 5.69 Å². The summed E-state index contributed by atoms with van der Waals surface area (Å²) in [6.07, 6.45) is 4.97. The van der Waals surface area contributed by atoms with Crippen LogP contribution in [0, 0.1) is 0 Å². The van der Waals surface area contributed by atoms with Crippen LogP contribution in [-0.4, -0.2) is 35.0 Å². The van der Waals surface area contributed by atoms with Gasteiger partial charge in [0.25, 0.3) is 0 Å². The average Bonchev–Trinajstić information content (AvgIpc) is 3.32. The van der Waals surface area contributed by atoms with Gasteiger partial charge in [-0.25, -0.2) is 4.98 Å². The number of pyridine rings is 1. The Hall–Kier alpha value is -2.13. The van der Waals surface area contributed by atoms with Gasteiger partial charge in [0.2, 0.25) is 5.91 Å². The van der Waals surface area contributed by atoms with E-state index in [0.29, 0.717) is 19.0 Å². The molecule has 1 aliphatic rings. The number of hydrogen-bond acceptors (Lipinski definition) is 7. The molecule has 0 aliphatic carbocycles. The normalized spacial score (nSPS) is 13.5. The highest BCUT2D eigenvalue weighted by molar-refractivity contribution is 7.18. The number of amides is 1. The Morgan fingerprint density at radius 2 is 2.14 bits per heavy atom. The molecular formula is C21H25N5OS2. The Bertz CT molecular complexity index is 980. The van der Waals surface area contributed by atoms with Crippen molar-refractivity contribution in [2.75, 3.05) is 18.4 Å². The fraction of sp³-hybridized carbons (Fsp3) is 0.381. The molecule has 0 spiro atoms. The van der Waals surface area contributed by atoms with Crippen molar-refractivity contribution in [2.24, 2.45) is 0 Å². The maximum absolute atomic E-state index is 12.5. The predicted octanol–water partition coefficient (Wildman–Crippen LogP) is 3.91.